The van der Waals surface area contributed by atoms with E-state index in [0.29, 0.717) is 18.8 Å². The lowest BCUT2D eigenvalue weighted by Crippen LogP contribution is -2.35. The number of nitrogens with zero attached hydrogens (tertiary/aromatic N) is 1. The van der Waals surface area contributed by atoms with Gasteiger partial charge in [-0.3, -0.25) is 9.78 Å². The zero-order chi connectivity index (χ0) is 14.8. The van der Waals surface area contributed by atoms with Gasteiger partial charge in [0.15, 0.2) is 0 Å². The quantitative estimate of drug-likeness (QED) is 0.938. The molecule has 5 nitrogen and oxygen atoms in total. The van der Waals surface area contributed by atoms with Gasteiger partial charge in [0, 0.05) is 23.8 Å². The second-order valence-corrected chi connectivity index (χ2v) is 5.23. The van der Waals surface area contributed by atoms with Gasteiger partial charge in [-0.05, 0) is 31.5 Å². The molecule has 1 atom stereocenters. The number of nitrogens with one attached hydrogen (secondary N) is 1. The Kier molecular flexibility index (Phi) is 3.75. The number of benzene rings is 1. The monoisotopic (exact) mass is 286 g/mol. The maximum atomic E-state index is 12.5. The van der Waals surface area contributed by atoms with E-state index in [4.69, 9.17) is 9.47 Å². The highest BCUT2D eigenvalue weighted by molar-refractivity contribution is 6.06. The van der Waals surface area contributed by atoms with Crippen LogP contribution in [0.2, 0.25) is 0 Å². The fourth-order valence-corrected chi connectivity index (χ4v) is 2.57. The van der Waals surface area contributed by atoms with E-state index in [-0.39, 0.29) is 11.9 Å². The summed E-state index contributed by atoms with van der Waals surface area (Å²) in [5.41, 5.74) is 2.22. The van der Waals surface area contributed by atoms with E-state index < -0.39 is 0 Å². The second kappa shape index (κ2) is 5.69. The number of amides is 1. The highest BCUT2D eigenvalue weighted by atomic mass is 16.5. The molecule has 1 aromatic carbocycles. The van der Waals surface area contributed by atoms with E-state index in [1.54, 1.807) is 7.11 Å². The molecular formula is C16H18N2O3. The number of carbonyl (C=O) groups excluding carboxylic acids is 1. The summed E-state index contributed by atoms with van der Waals surface area (Å²) in [6.07, 6.45) is 0.863. The van der Waals surface area contributed by atoms with Crippen molar-refractivity contribution in [1.82, 2.24) is 10.3 Å². The Morgan fingerprint density at radius 3 is 3.00 bits per heavy atom. The van der Waals surface area contributed by atoms with Crippen LogP contribution in [0.4, 0.5) is 0 Å². The molecule has 0 aliphatic carbocycles. The van der Waals surface area contributed by atoms with Crippen molar-refractivity contribution < 1.29 is 14.3 Å². The van der Waals surface area contributed by atoms with Crippen molar-refractivity contribution in [2.24, 2.45) is 0 Å². The molecule has 0 spiro atoms. The minimum atomic E-state index is -0.0776. The van der Waals surface area contributed by atoms with E-state index in [1.165, 1.54) is 0 Å². The van der Waals surface area contributed by atoms with Gasteiger partial charge >= 0.3 is 0 Å². The minimum absolute atomic E-state index is 0.0776. The maximum Gasteiger partial charge on any atom is 0.252 e. The van der Waals surface area contributed by atoms with Gasteiger partial charge in [0.1, 0.15) is 5.75 Å². The van der Waals surface area contributed by atoms with Crippen LogP contribution in [0.1, 0.15) is 22.5 Å². The number of fused-ring (bicyclic) bond motifs is 1. The van der Waals surface area contributed by atoms with Crippen LogP contribution in [0.25, 0.3) is 10.9 Å². The number of aryl methyl sites for hydroxylation is 1. The van der Waals surface area contributed by atoms with E-state index in [0.717, 1.165) is 28.8 Å². The number of pyridine rings is 1. The predicted molar refractivity (Wildman–Crippen MR) is 79.7 cm³/mol. The van der Waals surface area contributed by atoms with Crippen LogP contribution in [0.15, 0.2) is 24.3 Å². The Morgan fingerprint density at radius 1 is 1.43 bits per heavy atom. The molecule has 1 fully saturated rings. The molecule has 1 aromatic heterocycles. The SMILES string of the molecule is COc1ccc2c(C(=O)N[C@H]3CCOC3)cc(C)nc2c1. The van der Waals surface area contributed by atoms with Crippen LogP contribution in [0, 0.1) is 6.92 Å². The smallest absolute Gasteiger partial charge is 0.252 e. The zero-order valence-electron chi connectivity index (χ0n) is 12.2. The summed E-state index contributed by atoms with van der Waals surface area (Å²) >= 11 is 0. The molecule has 110 valence electrons. The first kappa shape index (κ1) is 13.8. The van der Waals surface area contributed by atoms with Crippen molar-refractivity contribution in [3.8, 4) is 5.75 Å². The van der Waals surface area contributed by atoms with Crippen LogP contribution in [0.5, 0.6) is 5.75 Å². The van der Waals surface area contributed by atoms with Gasteiger partial charge in [-0.2, -0.15) is 0 Å². The van der Waals surface area contributed by atoms with E-state index >= 15 is 0 Å². The maximum absolute atomic E-state index is 12.5. The number of rotatable bonds is 3. The lowest BCUT2D eigenvalue weighted by molar-refractivity contribution is 0.0931. The third-order valence-corrected chi connectivity index (χ3v) is 3.65. The molecule has 0 bridgehead atoms. The lowest BCUT2D eigenvalue weighted by Gasteiger charge is -2.13. The molecule has 0 radical (unpaired) electrons. The van der Waals surface area contributed by atoms with Crippen molar-refractivity contribution in [2.75, 3.05) is 20.3 Å². The number of carbonyl (C=O) groups is 1. The molecule has 3 rings (SSSR count). The molecule has 0 saturated carbocycles. The normalized spacial score (nSPS) is 17.9. The Balaban J connectivity index is 1.98. The van der Waals surface area contributed by atoms with E-state index in [2.05, 4.69) is 10.3 Å². The Labute approximate surface area is 123 Å². The van der Waals surface area contributed by atoms with Crippen LogP contribution in [-0.2, 0) is 4.74 Å². The van der Waals surface area contributed by atoms with E-state index in [9.17, 15) is 4.79 Å². The summed E-state index contributed by atoms with van der Waals surface area (Å²) in [6.45, 7) is 3.17. The predicted octanol–water partition coefficient (Wildman–Crippen LogP) is 2.07. The van der Waals surface area contributed by atoms with E-state index in [1.807, 2.05) is 31.2 Å². The summed E-state index contributed by atoms with van der Waals surface area (Å²) in [7, 11) is 1.62. The van der Waals surface area contributed by atoms with Gasteiger partial charge in [-0.15, -0.1) is 0 Å². The average molecular weight is 286 g/mol. The van der Waals surface area contributed by atoms with Crippen molar-refractivity contribution in [2.45, 2.75) is 19.4 Å². The number of aromatic nitrogens is 1. The lowest BCUT2D eigenvalue weighted by atomic mass is 10.1. The number of ether oxygens (including phenoxy) is 2. The topological polar surface area (TPSA) is 60.5 Å². The third kappa shape index (κ3) is 2.83. The van der Waals surface area contributed by atoms with Gasteiger partial charge in [0.2, 0.25) is 0 Å². The molecule has 21 heavy (non-hydrogen) atoms. The highest BCUT2D eigenvalue weighted by Crippen LogP contribution is 2.23. The largest absolute Gasteiger partial charge is 0.497 e. The van der Waals surface area contributed by atoms with Crippen LogP contribution in [0.3, 0.4) is 0 Å². The molecule has 1 saturated heterocycles. The Bertz CT molecular complexity index is 679. The van der Waals surface area contributed by atoms with Crippen LogP contribution in [-0.4, -0.2) is 37.3 Å². The third-order valence-electron chi connectivity index (χ3n) is 3.65. The number of hydrogen-bond acceptors (Lipinski definition) is 4. The first-order chi connectivity index (χ1) is 10.2. The zero-order valence-corrected chi connectivity index (χ0v) is 12.2. The summed E-state index contributed by atoms with van der Waals surface area (Å²) < 4.78 is 10.5. The fourth-order valence-electron chi connectivity index (χ4n) is 2.57. The van der Waals surface area contributed by atoms with Crippen LogP contribution >= 0.6 is 0 Å². The molecule has 1 aliphatic heterocycles. The van der Waals surface area contributed by atoms with Gasteiger partial charge in [0.25, 0.3) is 5.91 Å². The standard InChI is InChI=1S/C16H18N2O3/c1-10-7-14(16(19)18-11-5-6-21-9-11)13-4-3-12(20-2)8-15(13)17-10/h3-4,7-8,11H,5-6,9H2,1-2H3,(H,18,19)/t11-/m0/s1. The summed E-state index contributed by atoms with van der Waals surface area (Å²) in [4.78, 5) is 17.0. The molecular weight excluding hydrogens is 268 g/mol. The van der Waals surface area contributed by atoms with Crippen molar-refractivity contribution in [1.29, 1.82) is 0 Å². The molecule has 5 heteroatoms. The highest BCUT2D eigenvalue weighted by Gasteiger charge is 2.20. The van der Waals surface area contributed by atoms with Gasteiger partial charge in [0.05, 0.1) is 30.8 Å². The van der Waals surface area contributed by atoms with Gasteiger partial charge < -0.3 is 14.8 Å². The fraction of sp³-hybridized carbons (Fsp3) is 0.375. The number of methoxy groups -OCH3 is 1. The van der Waals surface area contributed by atoms with Crippen molar-refractivity contribution in [3.05, 3.63) is 35.5 Å². The summed E-state index contributed by atoms with van der Waals surface area (Å²) in [6, 6.07) is 7.48. The molecule has 2 heterocycles. The minimum Gasteiger partial charge on any atom is -0.497 e. The molecule has 1 N–H and O–H groups in total. The Morgan fingerprint density at radius 2 is 2.29 bits per heavy atom. The first-order valence-corrected chi connectivity index (χ1v) is 7.01. The Hall–Kier alpha value is -2.14. The second-order valence-electron chi connectivity index (χ2n) is 5.23. The average Bonchev–Trinajstić information content (AvgIpc) is 2.98. The first-order valence-electron chi connectivity index (χ1n) is 7.01. The van der Waals surface area contributed by atoms with Gasteiger partial charge in [-0.25, -0.2) is 0 Å². The summed E-state index contributed by atoms with van der Waals surface area (Å²) in [5.74, 6) is 0.655. The molecule has 2 aromatic rings. The molecule has 1 aliphatic rings. The number of hydrogen-bond donors (Lipinski definition) is 1. The van der Waals surface area contributed by atoms with Crippen molar-refractivity contribution in [3.63, 3.8) is 0 Å². The molecule has 1 amide bonds. The van der Waals surface area contributed by atoms with Crippen LogP contribution < -0.4 is 10.1 Å². The summed E-state index contributed by atoms with van der Waals surface area (Å²) in [5, 5.41) is 3.85. The van der Waals surface area contributed by atoms with Gasteiger partial charge in [-0.1, -0.05) is 0 Å². The molecule has 0 unspecified atom stereocenters. The van der Waals surface area contributed by atoms with Crippen molar-refractivity contribution >= 4 is 16.8 Å².